The molecule has 0 aliphatic carbocycles. The van der Waals surface area contributed by atoms with Gasteiger partial charge < -0.3 is 9.64 Å². The van der Waals surface area contributed by atoms with Gasteiger partial charge in [-0.2, -0.15) is 18.4 Å². The summed E-state index contributed by atoms with van der Waals surface area (Å²) in [6, 6.07) is 20.1. The SMILES string of the molecule is N#Cc1cc(-c2ccccc2)ccc1N1CC[C@@H](Oc2ccc(C(F)(F)F)cn2)C1. The average molecular weight is 409 g/mol. The minimum absolute atomic E-state index is 0.162. The zero-order valence-corrected chi connectivity index (χ0v) is 15.9. The Morgan fingerprint density at radius 1 is 1.03 bits per heavy atom. The van der Waals surface area contributed by atoms with Gasteiger partial charge in [-0.25, -0.2) is 4.98 Å². The van der Waals surface area contributed by atoms with E-state index in [-0.39, 0.29) is 12.0 Å². The van der Waals surface area contributed by atoms with Gasteiger partial charge in [0.15, 0.2) is 0 Å². The molecule has 30 heavy (non-hydrogen) atoms. The molecule has 0 bridgehead atoms. The molecule has 0 spiro atoms. The van der Waals surface area contributed by atoms with E-state index in [9.17, 15) is 18.4 Å². The van der Waals surface area contributed by atoms with Crippen LogP contribution in [0.3, 0.4) is 0 Å². The van der Waals surface area contributed by atoms with E-state index in [1.807, 2.05) is 48.5 Å². The highest BCUT2D eigenvalue weighted by atomic mass is 19.4. The van der Waals surface area contributed by atoms with E-state index in [0.717, 1.165) is 29.1 Å². The van der Waals surface area contributed by atoms with Gasteiger partial charge in [-0.15, -0.1) is 0 Å². The maximum atomic E-state index is 12.7. The van der Waals surface area contributed by atoms with Crippen LogP contribution in [0.25, 0.3) is 11.1 Å². The summed E-state index contributed by atoms with van der Waals surface area (Å²) in [5.74, 6) is 0.162. The third kappa shape index (κ3) is 4.23. The van der Waals surface area contributed by atoms with Crippen LogP contribution in [0.4, 0.5) is 18.9 Å². The monoisotopic (exact) mass is 409 g/mol. The first-order chi connectivity index (χ1) is 14.4. The second kappa shape index (κ2) is 8.07. The number of rotatable bonds is 4. The Kier molecular flexibility index (Phi) is 5.32. The third-order valence-electron chi connectivity index (χ3n) is 5.06. The van der Waals surface area contributed by atoms with Gasteiger partial charge in [0.1, 0.15) is 12.2 Å². The van der Waals surface area contributed by atoms with Crippen molar-refractivity contribution < 1.29 is 17.9 Å². The Bertz CT molecular complexity index is 1060. The quantitative estimate of drug-likeness (QED) is 0.587. The molecule has 0 N–H and O–H groups in total. The van der Waals surface area contributed by atoms with Crippen LogP contribution in [-0.4, -0.2) is 24.2 Å². The van der Waals surface area contributed by atoms with Crippen LogP contribution in [0.1, 0.15) is 17.5 Å². The first kappa shape index (κ1) is 19.8. The Balaban J connectivity index is 1.46. The molecule has 2 aromatic carbocycles. The van der Waals surface area contributed by atoms with Gasteiger partial charge in [0.05, 0.1) is 23.4 Å². The topological polar surface area (TPSA) is 49.2 Å². The lowest BCUT2D eigenvalue weighted by Gasteiger charge is -2.20. The third-order valence-corrected chi connectivity index (χ3v) is 5.06. The van der Waals surface area contributed by atoms with Crippen LogP contribution >= 0.6 is 0 Å². The Hall–Kier alpha value is -3.53. The van der Waals surface area contributed by atoms with Crippen LogP contribution < -0.4 is 9.64 Å². The molecule has 0 radical (unpaired) electrons. The first-order valence-electron chi connectivity index (χ1n) is 9.48. The summed E-state index contributed by atoms with van der Waals surface area (Å²) in [7, 11) is 0. The highest BCUT2D eigenvalue weighted by Crippen LogP contribution is 2.31. The second-order valence-corrected chi connectivity index (χ2v) is 7.07. The van der Waals surface area contributed by atoms with Crippen molar-refractivity contribution in [2.75, 3.05) is 18.0 Å². The van der Waals surface area contributed by atoms with Gasteiger partial charge in [-0.1, -0.05) is 36.4 Å². The lowest BCUT2D eigenvalue weighted by atomic mass is 10.0. The van der Waals surface area contributed by atoms with Gasteiger partial charge in [0.2, 0.25) is 5.88 Å². The van der Waals surface area contributed by atoms with Crippen LogP contribution in [-0.2, 0) is 6.18 Å². The summed E-state index contributed by atoms with van der Waals surface area (Å²) < 4.78 is 43.7. The standard InChI is InChI=1S/C23H18F3N3O/c24-23(25,26)19-7-9-22(28-14-19)30-20-10-11-29(15-20)21-8-6-17(12-18(21)13-27)16-4-2-1-3-5-16/h1-9,12,14,20H,10-11,15H2/t20-/m1/s1. The number of nitriles is 1. The van der Waals surface area contributed by atoms with Crippen molar-refractivity contribution in [3.63, 3.8) is 0 Å². The fourth-order valence-corrected chi connectivity index (χ4v) is 3.54. The van der Waals surface area contributed by atoms with Crippen molar-refractivity contribution in [1.82, 2.24) is 4.98 Å². The second-order valence-electron chi connectivity index (χ2n) is 7.07. The van der Waals surface area contributed by atoms with Gasteiger partial charge in [0.25, 0.3) is 0 Å². The first-order valence-corrected chi connectivity index (χ1v) is 9.48. The van der Waals surface area contributed by atoms with E-state index in [1.54, 1.807) is 0 Å². The van der Waals surface area contributed by atoms with E-state index in [0.29, 0.717) is 25.1 Å². The highest BCUT2D eigenvalue weighted by Gasteiger charge is 2.31. The molecule has 1 saturated heterocycles. The fraction of sp³-hybridized carbons (Fsp3) is 0.217. The molecular weight excluding hydrogens is 391 g/mol. The largest absolute Gasteiger partial charge is 0.472 e. The highest BCUT2D eigenvalue weighted by molar-refractivity contribution is 5.71. The lowest BCUT2D eigenvalue weighted by Crippen LogP contribution is -2.25. The van der Waals surface area contributed by atoms with Gasteiger partial charge in [0, 0.05) is 25.2 Å². The van der Waals surface area contributed by atoms with Gasteiger partial charge in [-0.05, 0) is 29.3 Å². The van der Waals surface area contributed by atoms with E-state index in [2.05, 4.69) is 16.0 Å². The van der Waals surface area contributed by atoms with Crippen molar-refractivity contribution in [2.45, 2.75) is 18.7 Å². The molecule has 2 heterocycles. The number of benzene rings is 2. The molecular formula is C23H18F3N3O. The van der Waals surface area contributed by atoms with E-state index in [1.165, 1.54) is 6.07 Å². The molecule has 0 saturated carbocycles. The van der Waals surface area contributed by atoms with Crippen LogP contribution in [0.2, 0.25) is 0 Å². The van der Waals surface area contributed by atoms with Crippen LogP contribution in [0.15, 0.2) is 66.9 Å². The van der Waals surface area contributed by atoms with Crippen molar-refractivity contribution >= 4 is 5.69 Å². The maximum absolute atomic E-state index is 12.7. The molecule has 0 amide bonds. The molecule has 3 aromatic rings. The van der Waals surface area contributed by atoms with Gasteiger partial charge >= 0.3 is 6.18 Å². The number of hydrogen-bond acceptors (Lipinski definition) is 4. The van der Waals surface area contributed by atoms with E-state index >= 15 is 0 Å². The number of alkyl halides is 3. The lowest BCUT2D eigenvalue weighted by molar-refractivity contribution is -0.137. The molecule has 4 rings (SSSR count). The number of ether oxygens (including phenoxy) is 1. The number of pyridine rings is 1. The zero-order chi connectivity index (χ0) is 21.1. The molecule has 1 fully saturated rings. The summed E-state index contributed by atoms with van der Waals surface area (Å²) in [6.07, 6.45) is -3.17. The Labute approximate surface area is 172 Å². The predicted molar refractivity (Wildman–Crippen MR) is 107 cm³/mol. The maximum Gasteiger partial charge on any atom is 0.417 e. The predicted octanol–water partition coefficient (Wildman–Crippen LogP) is 5.30. The van der Waals surface area contributed by atoms with Crippen LogP contribution in [0.5, 0.6) is 5.88 Å². The molecule has 7 heteroatoms. The molecule has 4 nitrogen and oxygen atoms in total. The van der Waals surface area contributed by atoms with Crippen molar-refractivity contribution in [2.24, 2.45) is 0 Å². The summed E-state index contributed by atoms with van der Waals surface area (Å²) in [5.41, 5.74) is 2.60. The number of anilines is 1. The zero-order valence-electron chi connectivity index (χ0n) is 15.9. The van der Waals surface area contributed by atoms with E-state index in [4.69, 9.17) is 4.74 Å². The normalized spacial score (nSPS) is 16.3. The molecule has 0 unspecified atom stereocenters. The summed E-state index contributed by atoms with van der Waals surface area (Å²) in [5, 5.41) is 9.63. The average Bonchev–Trinajstić information content (AvgIpc) is 3.22. The molecule has 1 aromatic heterocycles. The number of halogens is 3. The smallest absolute Gasteiger partial charge is 0.417 e. The molecule has 152 valence electrons. The van der Waals surface area contributed by atoms with Gasteiger partial charge in [-0.3, -0.25) is 0 Å². The van der Waals surface area contributed by atoms with Crippen molar-refractivity contribution in [3.05, 3.63) is 78.0 Å². The van der Waals surface area contributed by atoms with Crippen molar-refractivity contribution in [1.29, 1.82) is 5.26 Å². The minimum atomic E-state index is -4.42. The Morgan fingerprint density at radius 2 is 1.83 bits per heavy atom. The van der Waals surface area contributed by atoms with E-state index < -0.39 is 11.7 Å². The molecule has 1 aliphatic heterocycles. The van der Waals surface area contributed by atoms with Crippen LogP contribution in [0, 0.1) is 11.3 Å². The molecule has 1 atom stereocenters. The van der Waals surface area contributed by atoms with Crippen molar-refractivity contribution in [3.8, 4) is 23.1 Å². The number of nitrogens with zero attached hydrogens (tertiary/aromatic N) is 3. The molecule has 1 aliphatic rings. The Morgan fingerprint density at radius 3 is 2.50 bits per heavy atom. The minimum Gasteiger partial charge on any atom is -0.472 e. The summed E-state index contributed by atoms with van der Waals surface area (Å²) in [6.45, 7) is 1.22. The summed E-state index contributed by atoms with van der Waals surface area (Å²) >= 11 is 0. The number of aromatic nitrogens is 1. The number of hydrogen-bond donors (Lipinski definition) is 0. The summed E-state index contributed by atoms with van der Waals surface area (Å²) in [4.78, 5) is 5.83. The fourth-order valence-electron chi connectivity index (χ4n) is 3.54.